The van der Waals surface area contributed by atoms with Gasteiger partial charge in [-0.2, -0.15) is 0 Å². The Kier molecular flexibility index (Phi) is 4.96. The Bertz CT molecular complexity index is 504. The molecule has 1 aromatic carbocycles. The second kappa shape index (κ2) is 6.72. The van der Waals surface area contributed by atoms with E-state index in [0.717, 1.165) is 12.0 Å². The van der Waals surface area contributed by atoms with E-state index in [1.54, 1.807) is 4.90 Å². The summed E-state index contributed by atoms with van der Waals surface area (Å²) in [6.45, 7) is 2.40. The minimum Gasteiger partial charge on any atom is -0.467 e. The highest BCUT2D eigenvalue weighted by atomic mass is 16.5. The maximum absolute atomic E-state index is 12.6. The van der Waals surface area contributed by atoms with Gasteiger partial charge in [0.1, 0.15) is 6.04 Å². The molecule has 114 valence electrons. The van der Waals surface area contributed by atoms with Gasteiger partial charge in [-0.1, -0.05) is 37.3 Å². The number of nitrogens with two attached hydrogens (primary N) is 1. The molecule has 5 heteroatoms. The smallest absolute Gasteiger partial charge is 0.328 e. The monoisotopic (exact) mass is 290 g/mol. The van der Waals surface area contributed by atoms with Crippen molar-refractivity contribution < 1.29 is 14.3 Å². The van der Waals surface area contributed by atoms with Crippen LogP contribution >= 0.6 is 0 Å². The molecule has 2 rings (SSSR count). The molecule has 1 heterocycles. The van der Waals surface area contributed by atoms with Crippen LogP contribution in [-0.4, -0.2) is 36.5 Å². The van der Waals surface area contributed by atoms with Gasteiger partial charge in [-0.25, -0.2) is 4.79 Å². The number of hydrogen-bond acceptors (Lipinski definition) is 4. The van der Waals surface area contributed by atoms with Crippen molar-refractivity contribution in [3.8, 4) is 0 Å². The van der Waals surface area contributed by atoms with E-state index in [2.05, 4.69) is 0 Å². The van der Waals surface area contributed by atoms with Crippen molar-refractivity contribution in [3.63, 3.8) is 0 Å². The van der Waals surface area contributed by atoms with E-state index >= 15 is 0 Å². The van der Waals surface area contributed by atoms with Crippen LogP contribution in [0.4, 0.5) is 0 Å². The van der Waals surface area contributed by atoms with E-state index in [1.807, 2.05) is 37.3 Å². The zero-order valence-electron chi connectivity index (χ0n) is 12.5. The Morgan fingerprint density at radius 3 is 2.62 bits per heavy atom. The number of benzene rings is 1. The zero-order chi connectivity index (χ0) is 15.4. The molecule has 3 atom stereocenters. The first-order valence-corrected chi connectivity index (χ1v) is 7.25. The van der Waals surface area contributed by atoms with Gasteiger partial charge in [0.05, 0.1) is 13.0 Å². The first-order valence-electron chi connectivity index (χ1n) is 7.25. The summed E-state index contributed by atoms with van der Waals surface area (Å²) in [6, 6.07) is 8.70. The number of methoxy groups -OCH3 is 1. The van der Waals surface area contributed by atoms with Crippen molar-refractivity contribution in [1.29, 1.82) is 0 Å². The number of carbonyl (C=O) groups is 2. The second-order valence-corrected chi connectivity index (χ2v) is 5.44. The number of rotatable bonds is 4. The van der Waals surface area contributed by atoms with E-state index in [1.165, 1.54) is 7.11 Å². The first-order chi connectivity index (χ1) is 10.1. The van der Waals surface area contributed by atoms with E-state index in [0.29, 0.717) is 13.0 Å². The summed E-state index contributed by atoms with van der Waals surface area (Å²) in [5.41, 5.74) is 7.12. The fourth-order valence-electron chi connectivity index (χ4n) is 2.79. The van der Waals surface area contributed by atoms with Gasteiger partial charge in [0, 0.05) is 12.6 Å². The van der Waals surface area contributed by atoms with Crippen LogP contribution in [0.3, 0.4) is 0 Å². The highest BCUT2D eigenvalue weighted by Gasteiger charge is 2.38. The van der Waals surface area contributed by atoms with E-state index < -0.39 is 6.04 Å². The molecule has 1 saturated heterocycles. The lowest BCUT2D eigenvalue weighted by Gasteiger charge is -2.28. The zero-order valence-corrected chi connectivity index (χ0v) is 12.5. The summed E-state index contributed by atoms with van der Waals surface area (Å²) in [5.74, 6) is -0.807. The molecule has 0 bridgehead atoms. The molecule has 0 saturated carbocycles. The molecular formula is C16H22N2O3. The topological polar surface area (TPSA) is 72.6 Å². The summed E-state index contributed by atoms with van der Waals surface area (Å²) in [4.78, 5) is 26.0. The Morgan fingerprint density at radius 1 is 1.33 bits per heavy atom. The number of likely N-dealkylation sites (tertiary alicyclic amines) is 1. The molecule has 1 aliphatic rings. The van der Waals surface area contributed by atoms with Gasteiger partial charge >= 0.3 is 5.97 Å². The quantitative estimate of drug-likeness (QED) is 0.853. The van der Waals surface area contributed by atoms with Crippen molar-refractivity contribution in [1.82, 2.24) is 4.90 Å². The molecule has 0 aromatic heterocycles. The highest BCUT2D eigenvalue weighted by molar-refractivity contribution is 5.86. The SMILES string of the molecule is COC(=O)C1CCCN1C(=O)C(C)C(N)c1ccccc1. The van der Waals surface area contributed by atoms with E-state index in [9.17, 15) is 9.59 Å². The average molecular weight is 290 g/mol. The number of carbonyl (C=O) groups excluding carboxylic acids is 2. The minimum atomic E-state index is -0.465. The minimum absolute atomic E-state index is 0.0840. The lowest BCUT2D eigenvalue weighted by molar-refractivity contribution is -0.152. The molecule has 0 radical (unpaired) electrons. The van der Waals surface area contributed by atoms with Gasteiger partial charge in [-0.05, 0) is 18.4 Å². The largest absolute Gasteiger partial charge is 0.467 e. The molecule has 1 fully saturated rings. The Balaban J connectivity index is 2.10. The first kappa shape index (κ1) is 15.5. The van der Waals surface area contributed by atoms with Crippen LogP contribution in [0.2, 0.25) is 0 Å². The fourth-order valence-corrected chi connectivity index (χ4v) is 2.79. The van der Waals surface area contributed by atoms with Crippen molar-refractivity contribution in [2.45, 2.75) is 31.8 Å². The van der Waals surface area contributed by atoms with E-state index in [-0.39, 0.29) is 23.8 Å². The molecule has 21 heavy (non-hydrogen) atoms. The van der Waals surface area contributed by atoms with Crippen molar-refractivity contribution in [3.05, 3.63) is 35.9 Å². The molecule has 0 aliphatic carbocycles. The maximum Gasteiger partial charge on any atom is 0.328 e. The van der Waals surface area contributed by atoms with Crippen molar-refractivity contribution in [2.24, 2.45) is 11.7 Å². The summed E-state index contributed by atoms with van der Waals surface area (Å²) in [5, 5.41) is 0. The number of nitrogens with zero attached hydrogens (tertiary/aromatic N) is 1. The molecule has 1 amide bonds. The number of hydrogen-bond donors (Lipinski definition) is 1. The van der Waals surface area contributed by atoms with Crippen LogP contribution in [0.5, 0.6) is 0 Å². The third kappa shape index (κ3) is 3.24. The maximum atomic E-state index is 12.6. The van der Waals surface area contributed by atoms with Gasteiger partial charge in [0.25, 0.3) is 0 Å². The molecule has 5 nitrogen and oxygen atoms in total. The average Bonchev–Trinajstić information content (AvgIpc) is 3.02. The Hall–Kier alpha value is -1.88. The van der Waals surface area contributed by atoms with Crippen molar-refractivity contribution in [2.75, 3.05) is 13.7 Å². The normalized spacial score (nSPS) is 20.9. The van der Waals surface area contributed by atoms with Gasteiger partial charge in [0.15, 0.2) is 0 Å². The van der Waals surface area contributed by atoms with Crippen LogP contribution < -0.4 is 5.73 Å². The predicted molar refractivity (Wildman–Crippen MR) is 79.3 cm³/mol. The van der Waals surface area contributed by atoms with Crippen LogP contribution in [0.15, 0.2) is 30.3 Å². The molecule has 1 aliphatic heterocycles. The summed E-state index contributed by atoms with van der Waals surface area (Å²) < 4.78 is 4.78. The van der Waals surface area contributed by atoms with Crippen LogP contribution in [0.1, 0.15) is 31.4 Å². The van der Waals surface area contributed by atoms with Gasteiger partial charge in [-0.15, -0.1) is 0 Å². The lowest BCUT2D eigenvalue weighted by atomic mass is 9.94. The van der Waals surface area contributed by atoms with Crippen LogP contribution in [0.25, 0.3) is 0 Å². The molecular weight excluding hydrogens is 268 g/mol. The summed E-state index contributed by atoms with van der Waals surface area (Å²) in [6.07, 6.45) is 1.48. The predicted octanol–water partition coefficient (Wildman–Crippen LogP) is 1.49. The van der Waals surface area contributed by atoms with Gasteiger partial charge < -0.3 is 15.4 Å². The third-order valence-corrected chi connectivity index (χ3v) is 4.12. The van der Waals surface area contributed by atoms with Gasteiger partial charge in [0.2, 0.25) is 5.91 Å². The highest BCUT2D eigenvalue weighted by Crippen LogP contribution is 2.26. The Morgan fingerprint density at radius 2 is 2.00 bits per heavy atom. The van der Waals surface area contributed by atoms with Crippen molar-refractivity contribution >= 4 is 11.9 Å². The van der Waals surface area contributed by atoms with Crippen LogP contribution in [-0.2, 0) is 14.3 Å². The van der Waals surface area contributed by atoms with Crippen LogP contribution in [0, 0.1) is 5.92 Å². The Labute approximate surface area is 125 Å². The third-order valence-electron chi connectivity index (χ3n) is 4.12. The molecule has 3 unspecified atom stereocenters. The molecule has 1 aromatic rings. The summed E-state index contributed by atoms with van der Waals surface area (Å²) in [7, 11) is 1.35. The lowest BCUT2D eigenvalue weighted by Crippen LogP contribution is -2.45. The van der Waals surface area contributed by atoms with Gasteiger partial charge in [-0.3, -0.25) is 4.79 Å². The second-order valence-electron chi connectivity index (χ2n) is 5.44. The molecule has 2 N–H and O–H groups in total. The fraction of sp³-hybridized carbons (Fsp3) is 0.500. The molecule has 0 spiro atoms. The standard InChI is InChI=1S/C16H22N2O3/c1-11(14(17)12-7-4-3-5-8-12)15(19)18-10-6-9-13(18)16(20)21-2/h3-5,7-8,11,13-14H,6,9-10,17H2,1-2H3. The summed E-state index contributed by atoms with van der Waals surface area (Å²) >= 11 is 0. The number of esters is 1. The number of ether oxygens (including phenoxy) is 1. The van der Waals surface area contributed by atoms with E-state index in [4.69, 9.17) is 10.5 Å². The number of amides is 1.